The van der Waals surface area contributed by atoms with Crippen molar-refractivity contribution in [2.75, 3.05) is 7.11 Å². The van der Waals surface area contributed by atoms with Crippen LogP contribution in [0.5, 0.6) is 11.5 Å². The number of rotatable bonds is 6. The van der Waals surface area contributed by atoms with Gasteiger partial charge >= 0.3 is 12.6 Å². The number of aliphatic carboxylic acids is 1. The summed E-state index contributed by atoms with van der Waals surface area (Å²) in [4.78, 5) is 25.8. The summed E-state index contributed by atoms with van der Waals surface area (Å²) in [6.07, 6.45) is 0. The molecule has 0 saturated carbocycles. The standard InChI is InChI=1S/C24H24ClF2NO5/c1-12-19(20(22(30)31)24(2,3)4)15-10-18(32-5)16(25)11-17(15)28(12)21(29)13-6-8-14(9-7-13)33-23(26)27/h6-11,20,23H,1-5H3,(H,30,31). The number of hydrogen-bond donors (Lipinski definition) is 1. The first-order chi connectivity index (χ1) is 15.4. The summed E-state index contributed by atoms with van der Waals surface area (Å²) >= 11 is 6.34. The van der Waals surface area contributed by atoms with E-state index in [0.717, 1.165) is 0 Å². The fourth-order valence-electron chi connectivity index (χ4n) is 4.06. The Labute approximate surface area is 194 Å². The van der Waals surface area contributed by atoms with Crippen molar-refractivity contribution in [1.29, 1.82) is 0 Å². The summed E-state index contributed by atoms with van der Waals surface area (Å²) in [7, 11) is 1.45. The second kappa shape index (κ2) is 9.02. The fourth-order valence-corrected chi connectivity index (χ4v) is 4.29. The van der Waals surface area contributed by atoms with E-state index in [-0.39, 0.29) is 16.3 Å². The molecule has 0 spiro atoms. The van der Waals surface area contributed by atoms with E-state index in [1.807, 2.05) is 20.8 Å². The van der Waals surface area contributed by atoms with Crippen LogP contribution in [0.4, 0.5) is 8.78 Å². The fraction of sp³-hybridized carbons (Fsp3) is 0.333. The maximum absolute atomic E-state index is 13.5. The molecule has 176 valence electrons. The summed E-state index contributed by atoms with van der Waals surface area (Å²) < 4.78 is 36.0. The summed E-state index contributed by atoms with van der Waals surface area (Å²) in [5.41, 5.74) is 0.875. The van der Waals surface area contributed by atoms with E-state index in [9.17, 15) is 23.5 Å². The van der Waals surface area contributed by atoms with Crippen molar-refractivity contribution in [2.45, 2.75) is 40.2 Å². The van der Waals surface area contributed by atoms with E-state index < -0.39 is 29.8 Å². The molecule has 9 heteroatoms. The molecule has 0 saturated heterocycles. The number of benzene rings is 2. The Kier molecular flexibility index (Phi) is 6.70. The molecule has 3 aromatic rings. The van der Waals surface area contributed by atoms with Crippen molar-refractivity contribution in [1.82, 2.24) is 4.57 Å². The van der Waals surface area contributed by atoms with Gasteiger partial charge in [0.15, 0.2) is 0 Å². The quantitative estimate of drug-likeness (QED) is 0.461. The Morgan fingerprint density at radius 2 is 1.73 bits per heavy atom. The van der Waals surface area contributed by atoms with Crippen LogP contribution in [0, 0.1) is 12.3 Å². The first-order valence-electron chi connectivity index (χ1n) is 10.1. The van der Waals surface area contributed by atoms with Crippen molar-refractivity contribution in [2.24, 2.45) is 5.41 Å². The number of halogens is 3. The summed E-state index contributed by atoms with van der Waals surface area (Å²) in [5.74, 6) is -2.16. The molecule has 0 radical (unpaired) electrons. The van der Waals surface area contributed by atoms with Crippen molar-refractivity contribution < 1.29 is 33.0 Å². The molecule has 0 bridgehead atoms. The van der Waals surface area contributed by atoms with E-state index in [4.69, 9.17) is 16.3 Å². The SMILES string of the molecule is COc1cc2c(C(C(=O)O)C(C)(C)C)c(C)n(C(=O)c3ccc(OC(F)F)cc3)c2cc1Cl. The Morgan fingerprint density at radius 1 is 1.12 bits per heavy atom. The first kappa shape index (κ1) is 24.5. The number of carboxylic acids is 1. The van der Waals surface area contributed by atoms with E-state index in [1.165, 1.54) is 35.9 Å². The number of carboxylic acid groups (broad SMARTS) is 1. The lowest BCUT2D eigenvalue weighted by molar-refractivity contribution is -0.141. The van der Waals surface area contributed by atoms with Gasteiger partial charge in [0.25, 0.3) is 5.91 Å². The lowest BCUT2D eigenvalue weighted by atomic mass is 9.75. The number of carbonyl (C=O) groups excluding carboxylic acids is 1. The molecule has 1 unspecified atom stereocenters. The van der Waals surface area contributed by atoms with Crippen LogP contribution < -0.4 is 9.47 Å². The van der Waals surface area contributed by atoms with Crippen LogP contribution in [-0.2, 0) is 4.79 Å². The van der Waals surface area contributed by atoms with Gasteiger partial charge in [-0.1, -0.05) is 32.4 Å². The maximum Gasteiger partial charge on any atom is 0.387 e. The monoisotopic (exact) mass is 479 g/mol. The topological polar surface area (TPSA) is 77.8 Å². The van der Waals surface area contributed by atoms with E-state index in [2.05, 4.69) is 4.74 Å². The van der Waals surface area contributed by atoms with E-state index >= 15 is 0 Å². The molecule has 1 aromatic heterocycles. The minimum atomic E-state index is -2.98. The first-order valence-corrected chi connectivity index (χ1v) is 10.5. The number of alkyl halides is 2. The second-order valence-electron chi connectivity index (χ2n) is 8.68. The second-order valence-corrected chi connectivity index (χ2v) is 9.09. The van der Waals surface area contributed by atoms with Gasteiger partial charge in [-0.3, -0.25) is 14.2 Å². The Hall–Kier alpha value is -3.13. The predicted octanol–water partition coefficient (Wildman–Crippen LogP) is 6.12. The van der Waals surface area contributed by atoms with Crippen molar-refractivity contribution in [3.63, 3.8) is 0 Å². The third kappa shape index (κ3) is 4.66. The molecular weight excluding hydrogens is 456 g/mol. The number of carbonyl (C=O) groups is 2. The summed E-state index contributed by atoms with van der Waals surface area (Å²) in [5, 5.41) is 10.9. The van der Waals surface area contributed by atoms with Gasteiger partial charge in [0.05, 0.1) is 23.6 Å². The number of nitrogens with zero attached hydrogens (tertiary/aromatic N) is 1. The van der Waals surface area contributed by atoms with Gasteiger partial charge in [-0.15, -0.1) is 0 Å². The normalized spacial score (nSPS) is 12.8. The lowest BCUT2D eigenvalue weighted by Gasteiger charge is -2.28. The van der Waals surface area contributed by atoms with Crippen molar-refractivity contribution in [3.8, 4) is 11.5 Å². The number of fused-ring (bicyclic) bond motifs is 1. The summed E-state index contributed by atoms with van der Waals surface area (Å²) in [6, 6.07) is 8.47. The average Bonchev–Trinajstić information content (AvgIpc) is 2.96. The number of aromatic nitrogens is 1. The highest BCUT2D eigenvalue weighted by Gasteiger charge is 2.38. The zero-order chi connectivity index (χ0) is 24.7. The predicted molar refractivity (Wildman–Crippen MR) is 121 cm³/mol. The molecule has 0 fully saturated rings. The Morgan fingerprint density at radius 3 is 2.21 bits per heavy atom. The van der Waals surface area contributed by atoms with Crippen LogP contribution in [0.1, 0.15) is 48.3 Å². The zero-order valence-electron chi connectivity index (χ0n) is 18.8. The highest BCUT2D eigenvalue weighted by atomic mass is 35.5. The third-order valence-electron chi connectivity index (χ3n) is 5.46. The smallest absolute Gasteiger partial charge is 0.387 e. The molecule has 3 rings (SSSR count). The van der Waals surface area contributed by atoms with Gasteiger partial charge in [0.1, 0.15) is 11.5 Å². The van der Waals surface area contributed by atoms with Crippen LogP contribution in [0.2, 0.25) is 5.02 Å². The largest absolute Gasteiger partial charge is 0.495 e. The summed E-state index contributed by atoms with van der Waals surface area (Å²) in [6.45, 7) is 4.12. The molecule has 0 amide bonds. The van der Waals surface area contributed by atoms with Crippen LogP contribution in [-0.4, -0.2) is 35.3 Å². The highest BCUT2D eigenvalue weighted by Crippen LogP contribution is 2.44. The number of methoxy groups -OCH3 is 1. The average molecular weight is 480 g/mol. The van der Waals surface area contributed by atoms with Crippen LogP contribution in [0.15, 0.2) is 36.4 Å². The number of hydrogen-bond acceptors (Lipinski definition) is 4. The molecule has 33 heavy (non-hydrogen) atoms. The van der Waals surface area contributed by atoms with Crippen molar-refractivity contribution in [3.05, 3.63) is 58.2 Å². The van der Waals surface area contributed by atoms with Gasteiger partial charge in [-0.2, -0.15) is 8.78 Å². The number of ether oxygens (including phenoxy) is 2. The molecule has 0 aliphatic heterocycles. The maximum atomic E-state index is 13.5. The van der Waals surface area contributed by atoms with Crippen molar-refractivity contribution >= 4 is 34.4 Å². The van der Waals surface area contributed by atoms with Gasteiger partial charge in [0, 0.05) is 16.6 Å². The minimum Gasteiger partial charge on any atom is -0.495 e. The third-order valence-corrected chi connectivity index (χ3v) is 5.75. The van der Waals surface area contributed by atoms with E-state index in [0.29, 0.717) is 27.9 Å². The van der Waals surface area contributed by atoms with Crippen LogP contribution >= 0.6 is 11.6 Å². The van der Waals surface area contributed by atoms with Gasteiger partial charge < -0.3 is 14.6 Å². The van der Waals surface area contributed by atoms with Crippen LogP contribution in [0.3, 0.4) is 0 Å². The highest BCUT2D eigenvalue weighted by molar-refractivity contribution is 6.33. The van der Waals surface area contributed by atoms with Gasteiger partial charge in [-0.25, -0.2) is 0 Å². The minimum absolute atomic E-state index is 0.0808. The molecule has 1 N–H and O–H groups in total. The molecule has 0 aliphatic carbocycles. The Bertz CT molecular complexity index is 1210. The lowest BCUT2D eigenvalue weighted by Crippen LogP contribution is -2.27. The molecule has 2 aromatic carbocycles. The van der Waals surface area contributed by atoms with Gasteiger partial charge in [0.2, 0.25) is 0 Å². The molecule has 0 aliphatic rings. The molecular formula is C24H24ClF2NO5. The molecule has 1 atom stereocenters. The molecule has 6 nitrogen and oxygen atoms in total. The molecule has 1 heterocycles. The van der Waals surface area contributed by atoms with Crippen LogP contribution in [0.25, 0.3) is 10.9 Å². The Balaban J connectivity index is 2.28. The van der Waals surface area contributed by atoms with Gasteiger partial charge in [-0.05, 0) is 54.3 Å². The van der Waals surface area contributed by atoms with E-state index in [1.54, 1.807) is 19.1 Å². The zero-order valence-corrected chi connectivity index (χ0v) is 19.5.